The summed E-state index contributed by atoms with van der Waals surface area (Å²) in [5.74, 6) is -1.02. The summed E-state index contributed by atoms with van der Waals surface area (Å²) in [5, 5.41) is 1.71. The van der Waals surface area contributed by atoms with Crippen LogP contribution < -0.4 is 5.32 Å². The van der Waals surface area contributed by atoms with Gasteiger partial charge >= 0.3 is 12.0 Å². The first-order valence-corrected chi connectivity index (χ1v) is 9.48. The lowest BCUT2D eigenvalue weighted by Crippen LogP contribution is -2.41. The zero-order chi connectivity index (χ0) is 19.8. The number of carbonyl (C=O) groups excluding carboxylic acids is 2. The van der Waals surface area contributed by atoms with Gasteiger partial charge < -0.3 is 15.0 Å². The SMILES string of the molecule is CCOC(=O)C(Cl)CN(Cc1cccc(F)c1)C(=O)Nc1ccc(Br)cc1. The van der Waals surface area contributed by atoms with Crippen molar-refractivity contribution in [1.29, 1.82) is 0 Å². The average molecular weight is 458 g/mol. The monoisotopic (exact) mass is 456 g/mol. The number of nitrogens with one attached hydrogen (secondary N) is 1. The Hall–Kier alpha value is -2.12. The Morgan fingerprint density at radius 2 is 1.96 bits per heavy atom. The highest BCUT2D eigenvalue weighted by Gasteiger charge is 2.24. The van der Waals surface area contributed by atoms with E-state index in [1.54, 1.807) is 43.3 Å². The smallest absolute Gasteiger partial charge is 0.325 e. The summed E-state index contributed by atoms with van der Waals surface area (Å²) in [7, 11) is 0. The molecule has 0 aliphatic heterocycles. The van der Waals surface area contributed by atoms with E-state index in [0.717, 1.165) is 4.47 Å². The van der Waals surface area contributed by atoms with Gasteiger partial charge in [0.15, 0.2) is 0 Å². The van der Waals surface area contributed by atoms with Gasteiger partial charge in [-0.05, 0) is 48.9 Å². The maximum Gasteiger partial charge on any atom is 0.325 e. The molecule has 27 heavy (non-hydrogen) atoms. The lowest BCUT2D eigenvalue weighted by atomic mass is 10.2. The Balaban J connectivity index is 2.15. The molecular formula is C19H19BrClFN2O3. The summed E-state index contributed by atoms with van der Waals surface area (Å²) in [4.78, 5) is 25.9. The highest BCUT2D eigenvalue weighted by Crippen LogP contribution is 2.16. The van der Waals surface area contributed by atoms with Crippen molar-refractivity contribution in [1.82, 2.24) is 4.90 Å². The van der Waals surface area contributed by atoms with Crippen LogP contribution in [0.15, 0.2) is 53.0 Å². The molecule has 0 radical (unpaired) electrons. The molecule has 0 aromatic heterocycles. The largest absolute Gasteiger partial charge is 0.465 e. The fourth-order valence-electron chi connectivity index (χ4n) is 2.31. The van der Waals surface area contributed by atoms with Gasteiger partial charge in [0, 0.05) is 23.2 Å². The second kappa shape index (κ2) is 10.3. The van der Waals surface area contributed by atoms with E-state index in [1.807, 2.05) is 0 Å². The Morgan fingerprint density at radius 3 is 2.59 bits per heavy atom. The summed E-state index contributed by atoms with van der Waals surface area (Å²) in [6.45, 7) is 1.87. The fourth-order valence-corrected chi connectivity index (χ4v) is 2.81. The molecule has 0 saturated carbocycles. The summed E-state index contributed by atoms with van der Waals surface area (Å²) in [5.41, 5.74) is 1.16. The molecule has 2 rings (SSSR count). The van der Waals surface area contributed by atoms with Crippen molar-refractivity contribution in [2.24, 2.45) is 0 Å². The van der Waals surface area contributed by atoms with Crippen LogP contribution in [0.3, 0.4) is 0 Å². The predicted octanol–water partition coefficient (Wildman–Crippen LogP) is 4.79. The number of carbonyl (C=O) groups is 2. The highest BCUT2D eigenvalue weighted by molar-refractivity contribution is 9.10. The van der Waals surface area contributed by atoms with E-state index in [-0.39, 0.29) is 19.7 Å². The van der Waals surface area contributed by atoms with Crippen molar-refractivity contribution < 1.29 is 18.7 Å². The number of esters is 1. The van der Waals surface area contributed by atoms with E-state index in [2.05, 4.69) is 21.2 Å². The minimum atomic E-state index is -1.03. The first kappa shape index (κ1) is 21.2. The second-order valence-electron chi connectivity index (χ2n) is 5.67. The van der Waals surface area contributed by atoms with Crippen LogP contribution in [0.25, 0.3) is 0 Å². The van der Waals surface area contributed by atoms with Crippen LogP contribution in [-0.4, -0.2) is 35.4 Å². The topological polar surface area (TPSA) is 58.6 Å². The summed E-state index contributed by atoms with van der Waals surface area (Å²) in [6, 6.07) is 12.5. The van der Waals surface area contributed by atoms with Crippen molar-refractivity contribution in [3.05, 3.63) is 64.4 Å². The van der Waals surface area contributed by atoms with Gasteiger partial charge in [-0.25, -0.2) is 9.18 Å². The van der Waals surface area contributed by atoms with E-state index >= 15 is 0 Å². The van der Waals surface area contributed by atoms with Crippen LogP contribution in [0, 0.1) is 5.82 Å². The molecule has 1 atom stereocenters. The molecule has 1 unspecified atom stereocenters. The number of anilines is 1. The van der Waals surface area contributed by atoms with Crippen molar-refractivity contribution >= 4 is 45.2 Å². The van der Waals surface area contributed by atoms with Crippen LogP contribution >= 0.6 is 27.5 Å². The number of nitrogens with zero attached hydrogens (tertiary/aromatic N) is 1. The van der Waals surface area contributed by atoms with E-state index in [1.165, 1.54) is 17.0 Å². The number of rotatable bonds is 7. The van der Waals surface area contributed by atoms with Crippen LogP contribution in [0.5, 0.6) is 0 Å². The van der Waals surface area contributed by atoms with E-state index in [4.69, 9.17) is 16.3 Å². The number of urea groups is 1. The minimum Gasteiger partial charge on any atom is -0.465 e. The molecule has 0 fully saturated rings. The number of amides is 2. The van der Waals surface area contributed by atoms with Crippen LogP contribution in [0.4, 0.5) is 14.9 Å². The summed E-state index contributed by atoms with van der Waals surface area (Å²) >= 11 is 9.42. The maximum absolute atomic E-state index is 13.5. The number of ether oxygens (including phenoxy) is 1. The highest BCUT2D eigenvalue weighted by atomic mass is 79.9. The molecule has 0 saturated heterocycles. The first-order valence-electron chi connectivity index (χ1n) is 8.25. The standard InChI is InChI=1S/C19H19BrClFN2O3/c1-2-27-18(25)17(21)12-24(11-13-4-3-5-15(22)10-13)19(26)23-16-8-6-14(20)7-9-16/h3-10,17H,2,11-12H2,1H3,(H,23,26). The molecule has 5 nitrogen and oxygen atoms in total. The van der Waals surface area contributed by atoms with Crippen molar-refractivity contribution in [2.45, 2.75) is 18.8 Å². The van der Waals surface area contributed by atoms with E-state index in [9.17, 15) is 14.0 Å². The molecule has 144 valence electrons. The van der Waals surface area contributed by atoms with E-state index in [0.29, 0.717) is 11.3 Å². The zero-order valence-corrected chi connectivity index (χ0v) is 17.0. The third-order valence-corrected chi connectivity index (χ3v) is 4.41. The maximum atomic E-state index is 13.5. The van der Waals surface area contributed by atoms with Gasteiger partial charge in [-0.3, -0.25) is 4.79 Å². The average Bonchev–Trinajstić information content (AvgIpc) is 2.63. The molecule has 0 heterocycles. The number of alkyl halides is 1. The van der Waals surface area contributed by atoms with Crippen LogP contribution in [0.1, 0.15) is 12.5 Å². The second-order valence-corrected chi connectivity index (χ2v) is 7.11. The molecular weight excluding hydrogens is 439 g/mol. The Morgan fingerprint density at radius 1 is 1.26 bits per heavy atom. The predicted molar refractivity (Wildman–Crippen MR) is 106 cm³/mol. The Labute approximate surface area is 170 Å². The minimum absolute atomic E-state index is 0.0841. The Kier molecular flexibility index (Phi) is 8.06. The van der Waals surface area contributed by atoms with Crippen molar-refractivity contribution in [3.8, 4) is 0 Å². The molecule has 8 heteroatoms. The summed E-state index contributed by atoms with van der Waals surface area (Å²) < 4.78 is 19.2. The molecule has 0 aliphatic rings. The van der Waals surface area contributed by atoms with Crippen LogP contribution in [-0.2, 0) is 16.1 Å². The normalized spacial score (nSPS) is 11.6. The van der Waals surface area contributed by atoms with Crippen molar-refractivity contribution in [2.75, 3.05) is 18.5 Å². The number of benzene rings is 2. The van der Waals surface area contributed by atoms with Gasteiger partial charge in [-0.15, -0.1) is 11.6 Å². The number of hydrogen-bond donors (Lipinski definition) is 1. The van der Waals surface area contributed by atoms with Gasteiger partial charge in [-0.1, -0.05) is 28.1 Å². The first-order chi connectivity index (χ1) is 12.9. The zero-order valence-electron chi connectivity index (χ0n) is 14.6. The number of halogens is 3. The lowest BCUT2D eigenvalue weighted by Gasteiger charge is -2.25. The van der Waals surface area contributed by atoms with Gasteiger partial charge in [0.2, 0.25) is 0 Å². The third-order valence-electron chi connectivity index (χ3n) is 3.57. The van der Waals surface area contributed by atoms with Gasteiger partial charge in [-0.2, -0.15) is 0 Å². The lowest BCUT2D eigenvalue weighted by molar-refractivity contribution is -0.142. The number of hydrogen-bond acceptors (Lipinski definition) is 3. The third kappa shape index (κ3) is 6.84. The molecule has 0 aliphatic carbocycles. The Bertz CT molecular complexity index is 789. The summed E-state index contributed by atoms with van der Waals surface area (Å²) in [6.07, 6.45) is 0. The molecule has 2 amide bonds. The quantitative estimate of drug-likeness (QED) is 0.480. The van der Waals surface area contributed by atoms with Crippen molar-refractivity contribution in [3.63, 3.8) is 0 Å². The van der Waals surface area contributed by atoms with Gasteiger partial charge in [0.05, 0.1) is 6.61 Å². The molecule has 0 spiro atoms. The van der Waals surface area contributed by atoms with Crippen LogP contribution in [0.2, 0.25) is 0 Å². The molecule has 1 N–H and O–H groups in total. The fraction of sp³-hybridized carbons (Fsp3) is 0.263. The van der Waals surface area contributed by atoms with E-state index < -0.39 is 23.2 Å². The molecule has 2 aromatic carbocycles. The van der Waals surface area contributed by atoms with Gasteiger partial charge in [0.25, 0.3) is 0 Å². The van der Waals surface area contributed by atoms with Gasteiger partial charge in [0.1, 0.15) is 11.2 Å². The molecule has 0 bridgehead atoms. The molecule has 2 aromatic rings.